The van der Waals surface area contributed by atoms with Crippen LogP contribution in [-0.4, -0.2) is 52.1 Å². The lowest BCUT2D eigenvalue weighted by atomic mass is 9.96. The second-order valence-corrected chi connectivity index (χ2v) is 8.55. The van der Waals surface area contributed by atoms with Gasteiger partial charge in [-0.05, 0) is 25.1 Å². The molecule has 0 amide bonds. The fraction of sp³-hybridized carbons (Fsp3) is 0.304. The Bertz CT molecular complexity index is 1410. The maximum absolute atomic E-state index is 15.5. The number of carboxylic acid groups (broad SMARTS) is 1. The Kier molecular flexibility index (Phi) is 5.23. The van der Waals surface area contributed by atoms with Crippen LogP contribution in [0.2, 0.25) is 0 Å². The Balaban J connectivity index is 0.00000241. The number of hydrogen-bond donors (Lipinski definition) is 1. The molecule has 0 radical (unpaired) electrons. The predicted octanol–water partition coefficient (Wildman–Crippen LogP) is 2.54. The molecule has 3 aliphatic heterocycles. The predicted molar refractivity (Wildman–Crippen MR) is 127 cm³/mol. The quantitative estimate of drug-likeness (QED) is 0.609. The number of halogens is 1. The van der Waals surface area contributed by atoms with Gasteiger partial charge in [-0.3, -0.25) is 9.78 Å². The van der Waals surface area contributed by atoms with Gasteiger partial charge in [-0.15, -0.1) is 0 Å². The minimum absolute atomic E-state index is 0. The largest absolute Gasteiger partial charge is 0.487 e. The zero-order valence-electron chi connectivity index (χ0n) is 18.1. The number of pyridine rings is 2. The summed E-state index contributed by atoms with van der Waals surface area (Å²) in [5, 5.41) is 13.7. The van der Waals surface area contributed by atoms with E-state index >= 15 is 4.39 Å². The van der Waals surface area contributed by atoms with Crippen molar-refractivity contribution in [3.8, 4) is 5.75 Å². The van der Waals surface area contributed by atoms with Gasteiger partial charge in [0.05, 0.1) is 35.1 Å². The van der Waals surface area contributed by atoms with E-state index in [-0.39, 0.29) is 55.0 Å². The van der Waals surface area contributed by atoms with E-state index in [1.54, 1.807) is 17.0 Å². The lowest BCUT2D eigenvalue weighted by Gasteiger charge is -2.31. The van der Waals surface area contributed by atoms with Gasteiger partial charge < -0.3 is 24.1 Å². The van der Waals surface area contributed by atoms with Crippen molar-refractivity contribution >= 4 is 41.8 Å². The first kappa shape index (κ1) is 22.2. The molecule has 5 heterocycles. The van der Waals surface area contributed by atoms with Crippen LogP contribution < -0.4 is 15.1 Å². The Morgan fingerprint density at radius 3 is 2.88 bits per heavy atom. The monoisotopic (exact) mass is 484 g/mol. The number of ether oxygens (including phenoxy) is 1. The summed E-state index contributed by atoms with van der Waals surface area (Å²) in [6.45, 7) is 2.92. The molecule has 1 N–H and O–H groups in total. The highest BCUT2D eigenvalue weighted by Crippen LogP contribution is 2.44. The van der Waals surface area contributed by atoms with Crippen LogP contribution in [0.15, 0.2) is 46.7 Å². The molecule has 0 spiro atoms. The zero-order valence-corrected chi connectivity index (χ0v) is 19.1. The number of aromatic carboxylic acids is 1. The molecule has 0 saturated carbocycles. The molecule has 2 unspecified atom stereocenters. The van der Waals surface area contributed by atoms with E-state index in [1.165, 1.54) is 6.20 Å². The molecule has 2 aromatic heterocycles. The highest BCUT2D eigenvalue weighted by molar-refractivity contribution is 7.59. The van der Waals surface area contributed by atoms with Gasteiger partial charge in [-0.2, -0.15) is 13.5 Å². The minimum Gasteiger partial charge on any atom is -0.487 e. The molecule has 1 fully saturated rings. The van der Waals surface area contributed by atoms with Crippen LogP contribution in [0.25, 0.3) is 10.9 Å². The second kappa shape index (κ2) is 8.01. The molecule has 0 bridgehead atoms. The van der Waals surface area contributed by atoms with Crippen molar-refractivity contribution in [2.24, 2.45) is 11.1 Å². The van der Waals surface area contributed by atoms with Crippen molar-refractivity contribution in [1.82, 2.24) is 9.55 Å². The average Bonchev–Trinajstić information content (AvgIpc) is 3.38. The highest BCUT2D eigenvalue weighted by atomic mass is 32.1. The van der Waals surface area contributed by atoms with Crippen molar-refractivity contribution in [3.05, 3.63) is 64.0 Å². The number of benzene rings is 1. The summed E-state index contributed by atoms with van der Waals surface area (Å²) in [6, 6.07) is 4.63. The van der Waals surface area contributed by atoms with Crippen molar-refractivity contribution in [2.75, 3.05) is 24.6 Å². The number of rotatable bonds is 3. The number of fused-ring (bicyclic) bond motifs is 1. The Hall–Kier alpha value is -3.60. The van der Waals surface area contributed by atoms with E-state index in [2.05, 4.69) is 10.1 Å². The summed E-state index contributed by atoms with van der Waals surface area (Å²) in [7, 11) is 0. The molecule has 11 heteroatoms. The Morgan fingerprint density at radius 2 is 2.15 bits per heavy atom. The van der Waals surface area contributed by atoms with Gasteiger partial charge in [-0.25, -0.2) is 9.18 Å². The summed E-state index contributed by atoms with van der Waals surface area (Å²) in [6.07, 6.45) is 4.47. The van der Waals surface area contributed by atoms with E-state index in [0.717, 1.165) is 17.3 Å². The number of oxime groups is 1. The number of anilines is 1. The van der Waals surface area contributed by atoms with Gasteiger partial charge in [0.25, 0.3) is 0 Å². The summed E-state index contributed by atoms with van der Waals surface area (Å²) >= 11 is 0. The molecule has 9 nitrogen and oxygen atoms in total. The van der Waals surface area contributed by atoms with Crippen molar-refractivity contribution < 1.29 is 23.9 Å². The molecule has 1 saturated heterocycles. The van der Waals surface area contributed by atoms with E-state index in [9.17, 15) is 14.7 Å². The van der Waals surface area contributed by atoms with Crippen LogP contribution in [0.1, 0.15) is 28.9 Å². The van der Waals surface area contributed by atoms with Gasteiger partial charge in [0.1, 0.15) is 17.9 Å². The molecular weight excluding hydrogens is 463 g/mol. The third kappa shape index (κ3) is 3.14. The number of carbonyl (C=O) groups is 1. The van der Waals surface area contributed by atoms with Crippen LogP contribution in [0.5, 0.6) is 5.75 Å². The van der Waals surface area contributed by atoms with Gasteiger partial charge in [-0.1, -0.05) is 5.16 Å². The second-order valence-electron chi connectivity index (χ2n) is 8.55. The van der Waals surface area contributed by atoms with Gasteiger partial charge in [0, 0.05) is 30.7 Å². The first-order chi connectivity index (χ1) is 15.9. The van der Waals surface area contributed by atoms with E-state index in [1.807, 2.05) is 24.0 Å². The average molecular weight is 485 g/mol. The Labute approximate surface area is 199 Å². The molecular formula is C23H21FN4O5S. The fourth-order valence-corrected chi connectivity index (χ4v) is 4.96. The number of carboxylic acids is 1. The zero-order chi connectivity index (χ0) is 22.9. The number of aromatic nitrogens is 2. The van der Waals surface area contributed by atoms with Crippen molar-refractivity contribution in [3.63, 3.8) is 0 Å². The standard InChI is InChI=1S/C23H19FN4O5.H2S/c1-11-10-32-22-19-13(21(29)15(23(30)31)8-28(11)19)5-16(24)20(22)27-7-14-17(9-27)33-26-18(14)12-3-2-4-25-6-12;/h2-6,8,11,14,17H,7,9-10H2,1H3,(H,30,31);1H2/t11-,14?,17?;/m0./s1. The lowest BCUT2D eigenvalue weighted by Crippen LogP contribution is -2.30. The van der Waals surface area contributed by atoms with Crippen LogP contribution in [-0.2, 0) is 4.84 Å². The highest BCUT2D eigenvalue weighted by Gasteiger charge is 2.45. The van der Waals surface area contributed by atoms with Gasteiger partial charge >= 0.3 is 5.97 Å². The first-order valence-electron chi connectivity index (χ1n) is 10.6. The van der Waals surface area contributed by atoms with Gasteiger partial charge in [0.15, 0.2) is 17.7 Å². The smallest absolute Gasteiger partial charge is 0.341 e. The topological polar surface area (TPSA) is 106 Å². The molecule has 3 atom stereocenters. The SMILES string of the molecule is C[C@H]1COc2c(N3CC4ON=C(c5cccnc5)C4C3)c(F)cc3c(=O)c(C(=O)O)cn1c23.S. The van der Waals surface area contributed by atoms with Crippen molar-refractivity contribution in [2.45, 2.75) is 19.1 Å². The van der Waals surface area contributed by atoms with Crippen molar-refractivity contribution in [1.29, 1.82) is 0 Å². The first-order valence-corrected chi connectivity index (χ1v) is 10.6. The fourth-order valence-electron chi connectivity index (χ4n) is 4.96. The molecule has 1 aromatic carbocycles. The van der Waals surface area contributed by atoms with Gasteiger partial charge in [0.2, 0.25) is 5.43 Å². The summed E-state index contributed by atoms with van der Waals surface area (Å²) in [5.74, 6) is -1.81. The number of nitrogens with zero attached hydrogens (tertiary/aromatic N) is 4. The van der Waals surface area contributed by atoms with E-state index < -0.39 is 22.8 Å². The lowest BCUT2D eigenvalue weighted by molar-refractivity contribution is 0.0694. The summed E-state index contributed by atoms with van der Waals surface area (Å²) in [5.41, 5.74) is 1.14. The van der Waals surface area contributed by atoms with Crippen LogP contribution in [0.3, 0.4) is 0 Å². The van der Waals surface area contributed by atoms with E-state index in [4.69, 9.17) is 9.57 Å². The van der Waals surface area contributed by atoms with Crippen LogP contribution in [0, 0.1) is 11.7 Å². The molecule has 176 valence electrons. The maximum Gasteiger partial charge on any atom is 0.341 e. The third-order valence-electron chi connectivity index (χ3n) is 6.55. The molecule has 0 aliphatic carbocycles. The Morgan fingerprint density at radius 1 is 1.32 bits per heavy atom. The normalized spacial score (nSPS) is 22.5. The molecule has 6 rings (SSSR count). The third-order valence-corrected chi connectivity index (χ3v) is 6.55. The molecule has 3 aromatic rings. The molecule has 3 aliphatic rings. The number of hydrogen-bond acceptors (Lipinski definition) is 7. The maximum atomic E-state index is 15.5. The van der Waals surface area contributed by atoms with E-state index in [0.29, 0.717) is 18.6 Å². The van der Waals surface area contributed by atoms with Crippen LogP contribution >= 0.6 is 13.5 Å². The summed E-state index contributed by atoms with van der Waals surface area (Å²) in [4.78, 5) is 36.0. The minimum atomic E-state index is -1.35. The molecule has 34 heavy (non-hydrogen) atoms. The summed E-state index contributed by atoms with van der Waals surface area (Å²) < 4.78 is 23.1. The van der Waals surface area contributed by atoms with Crippen LogP contribution in [0.4, 0.5) is 10.1 Å².